The van der Waals surface area contributed by atoms with Crippen LogP contribution < -0.4 is 4.90 Å². The van der Waals surface area contributed by atoms with E-state index in [-0.39, 0.29) is 6.09 Å². The molecule has 2 rings (SSSR count). The highest BCUT2D eigenvalue weighted by Crippen LogP contribution is 2.26. The third-order valence-electron chi connectivity index (χ3n) is 2.41. The summed E-state index contributed by atoms with van der Waals surface area (Å²) in [5, 5.41) is 0. The van der Waals surface area contributed by atoms with Crippen molar-refractivity contribution >= 4 is 17.9 Å². The van der Waals surface area contributed by atoms with Gasteiger partial charge in [-0.3, -0.25) is 4.90 Å². The zero-order valence-electron chi connectivity index (χ0n) is 10.9. The smallest absolute Gasteiger partial charge is 0.418 e. The van der Waals surface area contributed by atoms with Crippen LogP contribution in [0.5, 0.6) is 0 Å². The van der Waals surface area contributed by atoms with Crippen LogP contribution in [0.1, 0.15) is 26.3 Å². The van der Waals surface area contributed by atoms with E-state index < -0.39 is 5.60 Å². The second kappa shape index (κ2) is 4.69. The summed E-state index contributed by atoms with van der Waals surface area (Å²) in [4.78, 5) is 13.7. The fraction of sp³-hybridized carbons (Fsp3) is 0.267. The molecule has 0 bridgehead atoms. The molecule has 0 fully saturated rings. The molecular weight excluding hydrogens is 226 g/mol. The first kappa shape index (κ1) is 12.4. The van der Waals surface area contributed by atoms with Crippen molar-refractivity contribution in [3.8, 4) is 0 Å². The lowest BCUT2D eigenvalue weighted by Gasteiger charge is -2.25. The van der Waals surface area contributed by atoms with Gasteiger partial charge in [-0.05, 0) is 38.5 Å². The molecule has 0 radical (unpaired) electrons. The van der Waals surface area contributed by atoms with Crippen molar-refractivity contribution in [2.45, 2.75) is 26.4 Å². The minimum absolute atomic E-state index is 0.366. The summed E-state index contributed by atoms with van der Waals surface area (Å²) in [7, 11) is 0. The molecule has 0 unspecified atom stereocenters. The molecule has 1 heterocycles. The average molecular weight is 243 g/mol. The highest BCUT2D eigenvalue weighted by atomic mass is 16.6. The molecule has 3 nitrogen and oxygen atoms in total. The van der Waals surface area contributed by atoms with E-state index in [1.54, 1.807) is 6.20 Å². The number of ether oxygens (including phenoxy) is 1. The molecular formula is C15H17NO2. The fourth-order valence-corrected chi connectivity index (χ4v) is 1.69. The maximum Gasteiger partial charge on any atom is 0.418 e. The molecule has 0 atom stereocenters. The van der Waals surface area contributed by atoms with E-state index >= 15 is 0 Å². The Kier molecular flexibility index (Phi) is 3.24. The summed E-state index contributed by atoms with van der Waals surface area (Å²) in [5.41, 5.74) is 1.32. The number of nitrogens with zero attached hydrogens (tertiary/aromatic N) is 1. The number of hydrogen-bond donors (Lipinski definition) is 0. The van der Waals surface area contributed by atoms with Gasteiger partial charge in [0.15, 0.2) is 0 Å². The number of amides is 1. The maximum absolute atomic E-state index is 12.2. The number of para-hydroxylation sites is 1. The van der Waals surface area contributed by atoms with Crippen molar-refractivity contribution in [3.05, 3.63) is 48.2 Å². The van der Waals surface area contributed by atoms with E-state index in [0.29, 0.717) is 0 Å². The molecule has 3 heteroatoms. The topological polar surface area (TPSA) is 29.5 Å². The van der Waals surface area contributed by atoms with E-state index in [1.807, 2.05) is 63.3 Å². The summed E-state index contributed by atoms with van der Waals surface area (Å²) in [6.07, 6.45) is 7.05. The number of fused-ring (bicyclic) bond motifs is 1. The number of carbonyl (C=O) groups is 1. The Balaban J connectivity index is 2.32. The summed E-state index contributed by atoms with van der Waals surface area (Å²) in [6.45, 7) is 5.57. The van der Waals surface area contributed by atoms with Gasteiger partial charge in [-0.1, -0.05) is 30.4 Å². The number of allylic oxidation sites excluding steroid dienone is 2. The van der Waals surface area contributed by atoms with Crippen molar-refractivity contribution in [3.63, 3.8) is 0 Å². The van der Waals surface area contributed by atoms with Crippen molar-refractivity contribution in [2.24, 2.45) is 0 Å². The first-order valence-corrected chi connectivity index (χ1v) is 5.93. The highest BCUT2D eigenvalue weighted by molar-refractivity contribution is 5.93. The molecule has 0 N–H and O–H groups in total. The maximum atomic E-state index is 12.2. The SMILES string of the molecule is CC(C)(C)OC(=O)N1C=CC=Cc2ccccc21. The minimum atomic E-state index is -0.500. The van der Waals surface area contributed by atoms with Crippen LogP contribution in [0.2, 0.25) is 0 Å². The van der Waals surface area contributed by atoms with Crippen LogP contribution in [-0.4, -0.2) is 11.7 Å². The van der Waals surface area contributed by atoms with Gasteiger partial charge < -0.3 is 4.74 Å². The summed E-state index contributed by atoms with van der Waals surface area (Å²) in [5.74, 6) is 0. The van der Waals surface area contributed by atoms with Crippen LogP contribution in [0.15, 0.2) is 42.6 Å². The largest absolute Gasteiger partial charge is 0.443 e. The lowest BCUT2D eigenvalue weighted by molar-refractivity contribution is 0.0596. The Morgan fingerprint density at radius 2 is 1.89 bits per heavy atom. The molecule has 1 amide bonds. The zero-order valence-corrected chi connectivity index (χ0v) is 10.9. The lowest BCUT2D eigenvalue weighted by Crippen LogP contribution is -2.33. The predicted molar refractivity (Wildman–Crippen MR) is 73.3 cm³/mol. The molecule has 0 spiro atoms. The molecule has 1 aliphatic heterocycles. The average Bonchev–Trinajstić information content (AvgIpc) is 2.48. The first-order valence-electron chi connectivity index (χ1n) is 5.93. The summed E-state index contributed by atoms with van der Waals surface area (Å²) >= 11 is 0. The highest BCUT2D eigenvalue weighted by Gasteiger charge is 2.23. The Hall–Kier alpha value is -2.03. The van der Waals surface area contributed by atoms with E-state index in [4.69, 9.17) is 4.74 Å². The normalized spacial score (nSPS) is 14.1. The quantitative estimate of drug-likeness (QED) is 0.690. The van der Waals surface area contributed by atoms with Gasteiger partial charge in [0.05, 0.1) is 5.69 Å². The zero-order chi connectivity index (χ0) is 13.2. The van der Waals surface area contributed by atoms with Crippen LogP contribution >= 0.6 is 0 Å². The number of hydrogen-bond acceptors (Lipinski definition) is 2. The molecule has 0 aromatic heterocycles. The Morgan fingerprint density at radius 1 is 1.17 bits per heavy atom. The molecule has 0 saturated heterocycles. The van der Waals surface area contributed by atoms with Gasteiger partial charge in [-0.15, -0.1) is 0 Å². The molecule has 0 aliphatic carbocycles. The van der Waals surface area contributed by atoms with Gasteiger partial charge in [0.2, 0.25) is 0 Å². The molecule has 1 aromatic rings. The van der Waals surface area contributed by atoms with Gasteiger partial charge in [0.1, 0.15) is 5.60 Å². The van der Waals surface area contributed by atoms with Gasteiger partial charge >= 0.3 is 6.09 Å². The number of carbonyl (C=O) groups excluding carboxylic acids is 1. The van der Waals surface area contributed by atoms with E-state index in [0.717, 1.165) is 11.3 Å². The number of anilines is 1. The van der Waals surface area contributed by atoms with Crippen LogP contribution in [0.25, 0.3) is 6.08 Å². The third kappa shape index (κ3) is 2.80. The predicted octanol–water partition coefficient (Wildman–Crippen LogP) is 3.97. The standard InChI is InChI=1S/C15H17NO2/c1-15(2,3)18-14(17)16-11-7-6-9-12-8-4-5-10-13(12)16/h4-11H,1-3H3. The van der Waals surface area contributed by atoms with Gasteiger partial charge in [-0.25, -0.2) is 4.79 Å². The van der Waals surface area contributed by atoms with Crippen LogP contribution in [0.3, 0.4) is 0 Å². The third-order valence-corrected chi connectivity index (χ3v) is 2.41. The Morgan fingerprint density at radius 3 is 2.61 bits per heavy atom. The summed E-state index contributed by atoms with van der Waals surface area (Å²) < 4.78 is 5.40. The molecule has 94 valence electrons. The fourth-order valence-electron chi connectivity index (χ4n) is 1.69. The minimum Gasteiger partial charge on any atom is -0.443 e. The van der Waals surface area contributed by atoms with Crippen LogP contribution in [0.4, 0.5) is 10.5 Å². The summed E-state index contributed by atoms with van der Waals surface area (Å²) in [6, 6.07) is 7.72. The van der Waals surface area contributed by atoms with Crippen molar-refractivity contribution in [2.75, 3.05) is 4.90 Å². The second-order valence-electron chi connectivity index (χ2n) is 5.11. The number of rotatable bonds is 0. The number of benzene rings is 1. The molecule has 1 aromatic carbocycles. The van der Waals surface area contributed by atoms with E-state index in [9.17, 15) is 4.79 Å². The molecule has 18 heavy (non-hydrogen) atoms. The molecule has 1 aliphatic rings. The Labute approximate surface area is 107 Å². The van der Waals surface area contributed by atoms with Crippen LogP contribution in [0, 0.1) is 0 Å². The van der Waals surface area contributed by atoms with Crippen molar-refractivity contribution < 1.29 is 9.53 Å². The lowest BCUT2D eigenvalue weighted by atomic mass is 10.1. The van der Waals surface area contributed by atoms with E-state index in [1.165, 1.54) is 4.90 Å². The van der Waals surface area contributed by atoms with Crippen molar-refractivity contribution in [1.29, 1.82) is 0 Å². The van der Waals surface area contributed by atoms with E-state index in [2.05, 4.69) is 0 Å². The Bertz CT molecular complexity index is 509. The second-order valence-corrected chi connectivity index (χ2v) is 5.11. The van der Waals surface area contributed by atoms with Gasteiger partial charge in [-0.2, -0.15) is 0 Å². The van der Waals surface area contributed by atoms with Crippen molar-refractivity contribution in [1.82, 2.24) is 0 Å². The van der Waals surface area contributed by atoms with Gasteiger partial charge in [0, 0.05) is 6.20 Å². The van der Waals surface area contributed by atoms with Gasteiger partial charge in [0.25, 0.3) is 0 Å². The van der Waals surface area contributed by atoms with Crippen LogP contribution in [-0.2, 0) is 4.74 Å². The monoisotopic (exact) mass is 243 g/mol. The first-order chi connectivity index (χ1) is 8.47. The molecule has 0 saturated carbocycles.